The molecule has 21 heavy (non-hydrogen) atoms. The van der Waals surface area contributed by atoms with Crippen LogP contribution < -0.4 is 10.9 Å². The van der Waals surface area contributed by atoms with Gasteiger partial charge in [-0.15, -0.1) is 0 Å². The van der Waals surface area contributed by atoms with Gasteiger partial charge < -0.3 is 0 Å². The molecule has 0 aliphatic heterocycles. The van der Waals surface area contributed by atoms with Crippen molar-refractivity contribution in [1.29, 1.82) is 0 Å². The Balaban J connectivity index is 2.02. The maximum Gasteiger partial charge on any atom is 0.270 e. The SMILES string of the molecule is O=C(NNC(=O)c1cc(Cl)ccc1I)c1ccc(Cl)cc1. The van der Waals surface area contributed by atoms with Crippen LogP contribution in [0.2, 0.25) is 10.0 Å². The fourth-order valence-corrected chi connectivity index (χ4v) is 2.40. The first-order valence-corrected chi connectivity index (χ1v) is 7.62. The van der Waals surface area contributed by atoms with Crippen LogP contribution in [-0.4, -0.2) is 11.8 Å². The molecule has 0 heterocycles. The lowest BCUT2D eigenvalue weighted by molar-refractivity contribution is 0.0846. The van der Waals surface area contributed by atoms with Crippen molar-refractivity contribution in [2.45, 2.75) is 0 Å². The van der Waals surface area contributed by atoms with E-state index < -0.39 is 11.8 Å². The number of halogens is 3. The number of rotatable bonds is 2. The Kier molecular flexibility index (Phi) is 5.44. The Morgan fingerprint density at radius 3 is 2.10 bits per heavy atom. The fraction of sp³-hybridized carbons (Fsp3) is 0. The van der Waals surface area contributed by atoms with Crippen LogP contribution in [-0.2, 0) is 0 Å². The van der Waals surface area contributed by atoms with Crippen molar-refractivity contribution < 1.29 is 9.59 Å². The molecule has 0 aliphatic carbocycles. The van der Waals surface area contributed by atoms with E-state index in [1.165, 1.54) is 6.07 Å². The predicted molar refractivity (Wildman–Crippen MR) is 90.6 cm³/mol. The highest BCUT2D eigenvalue weighted by molar-refractivity contribution is 14.1. The van der Waals surface area contributed by atoms with Crippen molar-refractivity contribution in [1.82, 2.24) is 10.9 Å². The van der Waals surface area contributed by atoms with Crippen LogP contribution in [0.15, 0.2) is 42.5 Å². The van der Waals surface area contributed by atoms with Gasteiger partial charge in [-0.05, 0) is 65.1 Å². The maximum atomic E-state index is 12.0. The first kappa shape index (κ1) is 16.1. The van der Waals surface area contributed by atoms with Gasteiger partial charge in [-0.1, -0.05) is 23.2 Å². The third-order valence-corrected chi connectivity index (χ3v) is 4.00. The summed E-state index contributed by atoms with van der Waals surface area (Å²) in [5, 5.41) is 0.980. The average Bonchev–Trinajstić information content (AvgIpc) is 2.47. The number of amides is 2. The van der Waals surface area contributed by atoms with E-state index in [-0.39, 0.29) is 0 Å². The number of carbonyl (C=O) groups is 2. The third kappa shape index (κ3) is 4.33. The van der Waals surface area contributed by atoms with Gasteiger partial charge in [0.25, 0.3) is 11.8 Å². The molecule has 2 rings (SSSR count). The lowest BCUT2D eigenvalue weighted by Crippen LogP contribution is -2.41. The van der Waals surface area contributed by atoms with E-state index in [0.717, 1.165) is 3.57 Å². The van der Waals surface area contributed by atoms with Crippen molar-refractivity contribution in [3.05, 3.63) is 67.2 Å². The number of carbonyl (C=O) groups excluding carboxylic acids is 2. The molecule has 0 aromatic heterocycles. The second kappa shape index (κ2) is 7.11. The van der Waals surface area contributed by atoms with E-state index in [1.54, 1.807) is 36.4 Å². The summed E-state index contributed by atoms with van der Waals surface area (Å²) in [5.74, 6) is -0.874. The van der Waals surface area contributed by atoms with Crippen LogP contribution in [0.5, 0.6) is 0 Å². The van der Waals surface area contributed by atoms with Gasteiger partial charge in [-0.2, -0.15) is 0 Å². The highest BCUT2D eigenvalue weighted by atomic mass is 127. The minimum absolute atomic E-state index is 0.388. The van der Waals surface area contributed by atoms with E-state index >= 15 is 0 Å². The van der Waals surface area contributed by atoms with Gasteiger partial charge in [0, 0.05) is 19.2 Å². The Morgan fingerprint density at radius 2 is 1.43 bits per heavy atom. The summed E-state index contributed by atoms with van der Waals surface area (Å²) in [6, 6.07) is 11.3. The molecule has 0 fully saturated rings. The van der Waals surface area contributed by atoms with Crippen molar-refractivity contribution in [3.8, 4) is 0 Å². The van der Waals surface area contributed by atoms with E-state index in [0.29, 0.717) is 21.2 Å². The van der Waals surface area contributed by atoms with Crippen molar-refractivity contribution >= 4 is 57.6 Å². The molecule has 0 unspecified atom stereocenters. The van der Waals surface area contributed by atoms with Gasteiger partial charge in [0.2, 0.25) is 0 Å². The molecule has 0 saturated carbocycles. The number of hydrazine groups is 1. The largest absolute Gasteiger partial charge is 0.270 e. The molecule has 7 heteroatoms. The molecule has 0 saturated heterocycles. The maximum absolute atomic E-state index is 12.0. The quantitative estimate of drug-likeness (QED) is 0.559. The number of hydrogen-bond acceptors (Lipinski definition) is 2. The second-order valence-electron chi connectivity index (χ2n) is 4.04. The highest BCUT2D eigenvalue weighted by Crippen LogP contribution is 2.17. The van der Waals surface area contributed by atoms with Crippen molar-refractivity contribution in [2.24, 2.45) is 0 Å². The molecule has 0 atom stereocenters. The number of nitrogens with one attached hydrogen (secondary N) is 2. The summed E-state index contributed by atoms with van der Waals surface area (Å²) in [7, 11) is 0. The molecule has 4 nitrogen and oxygen atoms in total. The summed E-state index contributed by atoms with van der Waals surface area (Å²) >= 11 is 13.6. The topological polar surface area (TPSA) is 58.2 Å². The first-order chi connectivity index (χ1) is 9.97. The molecular weight excluding hydrogens is 426 g/mol. The molecule has 2 N–H and O–H groups in total. The van der Waals surface area contributed by atoms with Gasteiger partial charge in [-0.3, -0.25) is 20.4 Å². The summed E-state index contributed by atoms with van der Waals surface area (Å²) in [6.45, 7) is 0. The lowest BCUT2D eigenvalue weighted by Gasteiger charge is -2.09. The summed E-state index contributed by atoms with van der Waals surface area (Å²) in [6.07, 6.45) is 0. The Morgan fingerprint density at radius 1 is 0.857 bits per heavy atom. The van der Waals surface area contributed by atoms with E-state index in [4.69, 9.17) is 23.2 Å². The van der Waals surface area contributed by atoms with Crippen LogP contribution in [0.25, 0.3) is 0 Å². The number of benzene rings is 2. The molecule has 2 aromatic rings. The summed E-state index contributed by atoms with van der Waals surface area (Å²) in [5.41, 5.74) is 5.46. The zero-order valence-electron chi connectivity index (χ0n) is 10.5. The third-order valence-electron chi connectivity index (χ3n) is 2.57. The number of hydrogen-bond donors (Lipinski definition) is 2. The fourth-order valence-electron chi connectivity index (χ4n) is 1.53. The van der Waals surface area contributed by atoms with E-state index in [9.17, 15) is 9.59 Å². The van der Waals surface area contributed by atoms with E-state index in [2.05, 4.69) is 10.9 Å². The van der Waals surface area contributed by atoms with Crippen molar-refractivity contribution in [2.75, 3.05) is 0 Å². The predicted octanol–water partition coefficient (Wildman–Crippen LogP) is 3.67. The minimum Gasteiger partial charge on any atom is -0.267 e. The van der Waals surface area contributed by atoms with Crippen LogP contribution in [0, 0.1) is 3.57 Å². The highest BCUT2D eigenvalue weighted by Gasteiger charge is 2.12. The van der Waals surface area contributed by atoms with Crippen molar-refractivity contribution in [3.63, 3.8) is 0 Å². The molecular formula is C14H9Cl2IN2O2. The van der Waals surface area contributed by atoms with Crippen LogP contribution in [0.1, 0.15) is 20.7 Å². The molecule has 0 aliphatic rings. The lowest BCUT2D eigenvalue weighted by atomic mass is 10.2. The molecule has 2 amide bonds. The van der Waals surface area contributed by atoms with Gasteiger partial charge in [-0.25, -0.2) is 0 Å². The average molecular weight is 435 g/mol. The zero-order chi connectivity index (χ0) is 15.4. The van der Waals surface area contributed by atoms with Crippen LogP contribution >= 0.6 is 45.8 Å². The Hall–Kier alpha value is -1.31. The Labute approximate surface area is 144 Å². The molecule has 0 bridgehead atoms. The van der Waals surface area contributed by atoms with Crippen LogP contribution in [0.4, 0.5) is 0 Å². The molecule has 0 spiro atoms. The zero-order valence-corrected chi connectivity index (χ0v) is 14.2. The van der Waals surface area contributed by atoms with Gasteiger partial charge in [0.05, 0.1) is 5.56 Å². The smallest absolute Gasteiger partial charge is 0.267 e. The summed E-state index contributed by atoms with van der Waals surface area (Å²) < 4.78 is 0.732. The van der Waals surface area contributed by atoms with Gasteiger partial charge in [0.15, 0.2) is 0 Å². The minimum atomic E-state index is -0.441. The summed E-state index contributed by atoms with van der Waals surface area (Å²) in [4.78, 5) is 23.8. The molecule has 0 radical (unpaired) electrons. The second-order valence-corrected chi connectivity index (χ2v) is 6.07. The van der Waals surface area contributed by atoms with E-state index in [1.807, 2.05) is 22.6 Å². The van der Waals surface area contributed by atoms with Gasteiger partial charge in [0.1, 0.15) is 0 Å². The van der Waals surface area contributed by atoms with Gasteiger partial charge >= 0.3 is 0 Å². The first-order valence-electron chi connectivity index (χ1n) is 5.78. The van der Waals surface area contributed by atoms with Crippen LogP contribution in [0.3, 0.4) is 0 Å². The molecule has 2 aromatic carbocycles. The standard InChI is InChI=1S/C14H9Cl2IN2O2/c15-9-3-1-8(2-4-9)13(20)18-19-14(21)11-7-10(16)5-6-12(11)17/h1-7H,(H,18,20)(H,19,21). The Bertz CT molecular complexity index is 690. The normalized spacial score (nSPS) is 10.0. The monoisotopic (exact) mass is 434 g/mol. The molecule has 108 valence electrons.